The minimum absolute atomic E-state index is 0.0631. The number of rotatable bonds is 4. The fraction of sp³-hybridized carbons (Fsp3) is 0.190. The number of carbonyl (C=O) groups is 2. The van der Waals surface area contributed by atoms with Crippen molar-refractivity contribution in [3.05, 3.63) is 68.4 Å². The van der Waals surface area contributed by atoms with Crippen molar-refractivity contribution < 1.29 is 19.4 Å². The second kappa shape index (κ2) is 7.46. The summed E-state index contributed by atoms with van der Waals surface area (Å²) in [5.74, 6) is -0.989. The summed E-state index contributed by atoms with van der Waals surface area (Å²) < 4.78 is 5.15. The zero-order valence-corrected chi connectivity index (χ0v) is 17.6. The molecule has 148 valence electrons. The minimum Gasteiger partial charge on any atom is -0.507 e. The summed E-state index contributed by atoms with van der Waals surface area (Å²) >= 11 is 2.78. The van der Waals surface area contributed by atoms with Crippen molar-refractivity contribution in [3.63, 3.8) is 0 Å². The highest BCUT2D eigenvalue weighted by atomic mass is 32.1. The Morgan fingerprint density at radius 3 is 2.45 bits per heavy atom. The van der Waals surface area contributed by atoms with Crippen LogP contribution in [0.15, 0.2) is 47.4 Å². The molecular weight excluding hydrogens is 408 g/mol. The first kappa shape index (κ1) is 19.4. The zero-order chi connectivity index (χ0) is 20.7. The fourth-order valence-electron chi connectivity index (χ4n) is 3.21. The van der Waals surface area contributed by atoms with E-state index < -0.39 is 17.7 Å². The number of aromatic nitrogens is 1. The Bertz CT molecular complexity index is 1090. The van der Waals surface area contributed by atoms with Crippen molar-refractivity contribution in [2.45, 2.75) is 19.9 Å². The van der Waals surface area contributed by atoms with E-state index in [0.29, 0.717) is 16.4 Å². The Hall–Kier alpha value is -2.97. The van der Waals surface area contributed by atoms with Crippen molar-refractivity contribution >= 4 is 45.3 Å². The van der Waals surface area contributed by atoms with Gasteiger partial charge in [-0.2, -0.15) is 0 Å². The van der Waals surface area contributed by atoms with E-state index in [1.165, 1.54) is 27.6 Å². The SMILES string of the molecule is COc1ccc(C(O)=C2C(=O)C(=O)N(c3nc(C)c(C)s3)[C@H]2c2cccs2)cc1. The Morgan fingerprint density at radius 1 is 1.17 bits per heavy atom. The molecule has 3 heterocycles. The number of thiophene rings is 1. The van der Waals surface area contributed by atoms with Crippen LogP contribution in [0.3, 0.4) is 0 Å². The minimum atomic E-state index is -0.720. The van der Waals surface area contributed by atoms with Crippen LogP contribution in [0.4, 0.5) is 5.13 Å². The van der Waals surface area contributed by atoms with Gasteiger partial charge >= 0.3 is 5.91 Å². The van der Waals surface area contributed by atoms with Crippen molar-refractivity contribution in [1.82, 2.24) is 4.98 Å². The summed E-state index contributed by atoms with van der Waals surface area (Å²) in [5.41, 5.74) is 1.32. The van der Waals surface area contributed by atoms with Gasteiger partial charge in [-0.1, -0.05) is 6.07 Å². The van der Waals surface area contributed by atoms with Gasteiger partial charge < -0.3 is 9.84 Å². The summed E-state index contributed by atoms with van der Waals surface area (Å²) in [4.78, 5) is 33.6. The van der Waals surface area contributed by atoms with Crippen LogP contribution in [0, 0.1) is 13.8 Å². The molecule has 1 fully saturated rings. The van der Waals surface area contributed by atoms with Crippen LogP contribution in [0.2, 0.25) is 0 Å². The van der Waals surface area contributed by atoms with E-state index in [4.69, 9.17) is 4.74 Å². The molecule has 1 aromatic carbocycles. The fourth-order valence-corrected chi connectivity index (χ4v) is 4.97. The normalized spacial score (nSPS) is 18.4. The average Bonchev–Trinajstić information content (AvgIpc) is 3.42. The highest BCUT2D eigenvalue weighted by Gasteiger charge is 2.48. The Labute approximate surface area is 175 Å². The zero-order valence-electron chi connectivity index (χ0n) is 16.0. The number of aliphatic hydroxyl groups is 1. The third kappa shape index (κ3) is 3.24. The van der Waals surface area contributed by atoms with Crippen molar-refractivity contribution in [2.24, 2.45) is 0 Å². The monoisotopic (exact) mass is 426 g/mol. The van der Waals surface area contributed by atoms with E-state index in [9.17, 15) is 14.7 Å². The summed E-state index contributed by atoms with van der Waals surface area (Å²) in [6.45, 7) is 3.79. The molecule has 1 N–H and O–H groups in total. The number of Topliss-reactive ketones (excluding diaryl/α,β-unsaturated/α-hetero) is 1. The quantitative estimate of drug-likeness (QED) is 0.379. The number of thiazole rings is 1. The molecule has 1 aliphatic heterocycles. The molecule has 0 radical (unpaired) electrons. The molecule has 0 aliphatic carbocycles. The molecule has 1 amide bonds. The topological polar surface area (TPSA) is 79.7 Å². The van der Waals surface area contributed by atoms with Crippen LogP contribution >= 0.6 is 22.7 Å². The third-order valence-corrected chi connectivity index (χ3v) is 6.84. The van der Waals surface area contributed by atoms with Gasteiger partial charge in [0, 0.05) is 15.3 Å². The molecule has 0 bridgehead atoms. The number of hydrogen-bond acceptors (Lipinski definition) is 7. The van der Waals surface area contributed by atoms with Gasteiger partial charge in [0.05, 0.1) is 18.4 Å². The van der Waals surface area contributed by atoms with Crippen LogP contribution < -0.4 is 9.64 Å². The molecular formula is C21H18N2O4S2. The number of anilines is 1. The molecule has 1 aliphatic rings. The molecule has 4 rings (SSSR count). The number of benzene rings is 1. The van der Waals surface area contributed by atoms with Gasteiger partial charge in [0.2, 0.25) is 0 Å². The van der Waals surface area contributed by atoms with E-state index in [0.717, 1.165) is 15.4 Å². The first-order chi connectivity index (χ1) is 13.9. The molecule has 0 unspecified atom stereocenters. The highest BCUT2D eigenvalue weighted by Crippen LogP contribution is 2.44. The predicted molar refractivity (Wildman–Crippen MR) is 114 cm³/mol. The third-order valence-electron chi connectivity index (χ3n) is 4.84. The van der Waals surface area contributed by atoms with Gasteiger partial charge in [-0.15, -0.1) is 22.7 Å². The number of amides is 1. The molecule has 29 heavy (non-hydrogen) atoms. The molecule has 1 saturated heterocycles. The van der Waals surface area contributed by atoms with Crippen LogP contribution in [-0.4, -0.2) is 28.9 Å². The van der Waals surface area contributed by atoms with E-state index in [1.807, 2.05) is 31.4 Å². The van der Waals surface area contributed by atoms with Crippen molar-refractivity contribution in [3.8, 4) is 5.75 Å². The van der Waals surface area contributed by atoms with Crippen LogP contribution in [0.25, 0.3) is 5.76 Å². The lowest BCUT2D eigenvalue weighted by Crippen LogP contribution is -2.29. The van der Waals surface area contributed by atoms with E-state index >= 15 is 0 Å². The number of nitrogens with zero attached hydrogens (tertiary/aromatic N) is 2. The van der Waals surface area contributed by atoms with Crippen LogP contribution in [-0.2, 0) is 9.59 Å². The number of aryl methyl sites for hydroxylation is 2. The van der Waals surface area contributed by atoms with E-state index in [2.05, 4.69) is 4.98 Å². The maximum atomic E-state index is 13.0. The first-order valence-corrected chi connectivity index (χ1v) is 10.5. The van der Waals surface area contributed by atoms with E-state index in [-0.39, 0.29) is 11.3 Å². The summed E-state index contributed by atoms with van der Waals surface area (Å²) in [7, 11) is 1.55. The Morgan fingerprint density at radius 2 is 1.90 bits per heavy atom. The van der Waals surface area contributed by atoms with Gasteiger partial charge in [0.1, 0.15) is 17.6 Å². The van der Waals surface area contributed by atoms with Crippen LogP contribution in [0.1, 0.15) is 27.1 Å². The molecule has 1 atom stereocenters. The molecule has 2 aromatic heterocycles. The lowest BCUT2D eigenvalue weighted by molar-refractivity contribution is -0.132. The van der Waals surface area contributed by atoms with E-state index in [1.54, 1.807) is 31.4 Å². The van der Waals surface area contributed by atoms with Gasteiger partial charge in [-0.3, -0.25) is 14.5 Å². The second-order valence-electron chi connectivity index (χ2n) is 6.55. The number of carbonyl (C=O) groups excluding carboxylic acids is 2. The maximum Gasteiger partial charge on any atom is 0.301 e. The Balaban J connectivity index is 1.89. The number of aliphatic hydroxyl groups excluding tert-OH is 1. The maximum absolute atomic E-state index is 13.0. The average molecular weight is 427 g/mol. The smallest absolute Gasteiger partial charge is 0.301 e. The highest BCUT2D eigenvalue weighted by molar-refractivity contribution is 7.16. The number of methoxy groups -OCH3 is 1. The van der Waals surface area contributed by atoms with Crippen molar-refractivity contribution in [2.75, 3.05) is 12.0 Å². The second-order valence-corrected chi connectivity index (χ2v) is 8.71. The van der Waals surface area contributed by atoms with Gasteiger partial charge in [-0.05, 0) is 49.6 Å². The lowest BCUT2D eigenvalue weighted by atomic mass is 10.00. The summed E-state index contributed by atoms with van der Waals surface area (Å²) in [6, 6.07) is 9.68. The predicted octanol–water partition coefficient (Wildman–Crippen LogP) is 4.46. The van der Waals surface area contributed by atoms with Gasteiger partial charge in [-0.25, -0.2) is 4.98 Å². The molecule has 3 aromatic rings. The number of ketones is 1. The van der Waals surface area contributed by atoms with Gasteiger partial charge in [0.15, 0.2) is 5.13 Å². The number of ether oxygens (including phenoxy) is 1. The number of hydrogen-bond donors (Lipinski definition) is 1. The largest absolute Gasteiger partial charge is 0.507 e. The molecule has 0 saturated carbocycles. The molecule has 8 heteroatoms. The van der Waals surface area contributed by atoms with Crippen molar-refractivity contribution in [1.29, 1.82) is 0 Å². The summed E-state index contributed by atoms with van der Waals surface area (Å²) in [5, 5.41) is 13.3. The Kier molecular flexibility index (Phi) is 4.97. The molecule has 0 spiro atoms. The first-order valence-electron chi connectivity index (χ1n) is 8.85. The molecule has 6 nitrogen and oxygen atoms in total. The van der Waals surface area contributed by atoms with Crippen LogP contribution in [0.5, 0.6) is 5.75 Å². The lowest BCUT2D eigenvalue weighted by Gasteiger charge is -2.21. The van der Waals surface area contributed by atoms with Gasteiger partial charge in [0.25, 0.3) is 5.78 Å². The summed E-state index contributed by atoms with van der Waals surface area (Å²) in [6.07, 6.45) is 0. The standard InChI is InChI=1S/C21H18N2O4S2/c1-11-12(2)29-21(22-11)23-17(15-5-4-10-28-15)16(19(25)20(23)26)18(24)13-6-8-14(27-3)9-7-13/h4-10,17,24H,1-3H3/t17-/m0/s1.